The van der Waals surface area contributed by atoms with Crippen molar-refractivity contribution in [1.29, 1.82) is 0 Å². The molecule has 6 heteroatoms. The van der Waals surface area contributed by atoms with Gasteiger partial charge in [0.15, 0.2) is 0 Å². The van der Waals surface area contributed by atoms with E-state index in [0.717, 1.165) is 12.8 Å². The van der Waals surface area contributed by atoms with Gasteiger partial charge in [-0.1, -0.05) is 0 Å². The first kappa shape index (κ1) is 12.2. The highest BCUT2D eigenvalue weighted by atomic mass is 16.5. The summed E-state index contributed by atoms with van der Waals surface area (Å²) in [5, 5.41) is 3.15. The number of nitrogens with one attached hydrogen (secondary N) is 1. The molecule has 2 aliphatic heterocycles. The summed E-state index contributed by atoms with van der Waals surface area (Å²) >= 11 is 0. The van der Waals surface area contributed by atoms with E-state index >= 15 is 0 Å². The first-order chi connectivity index (χ1) is 8.19. The fourth-order valence-electron chi connectivity index (χ4n) is 2.70. The Hall–Kier alpha value is -1.30. The molecule has 1 N–H and O–H groups in total. The normalized spacial score (nSPS) is 31.2. The zero-order valence-corrected chi connectivity index (χ0v) is 10.1. The number of hydrogen-bond donors (Lipinski definition) is 1. The van der Waals surface area contributed by atoms with E-state index in [2.05, 4.69) is 5.32 Å². The van der Waals surface area contributed by atoms with Crippen molar-refractivity contribution in [2.75, 3.05) is 20.3 Å². The van der Waals surface area contributed by atoms with E-state index in [1.54, 1.807) is 11.8 Å². The Balaban J connectivity index is 2.11. The van der Waals surface area contributed by atoms with E-state index in [1.165, 1.54) is 7.11 Å². The molecule has 0 spiro atoms. The molecule has 0 aliphatic carbocycles. The van der Waals surface area contributed by atoms with Gasteiger partial charge >= 0.3 is 12.1 Å². The number of rotatable bonds is 2. The van der Waals surface area contributed by atoms with Gasteiger partial charge in [-0.15, -0.1) is 0 Å². The molecule has 2 heterocycles. The molecule has 96 valence electrons. The summed E-state index contributed by atoms with van der Waals surface area (Å²) in [6.07, 6.45) is 1.37. The Morgan fingerprint density at radius 1 is 1.41 bits per heavy atom. The van der Waals surface area contributed by atoms with Crippen LogP contribution in [0.3, 0.4) is 0 Å². The summed E-state index contributed by atoms with van der Waals surface area (Å²) in [6, 6.07) is -0.425. The standard InChI is InChI=1S/C11H18N2O4/c1-3-17-10(14)9-8-5-4-7(6-12-9)13(8)11(15)16-2/h7-9,12H,3-6H2,1-2H3/t7-,8+,9+/m1/s1. The number of ether oxygens (including phenoxy) is 2. The summed E-state index contributed by atoms with van der Waals surface area (Å²) in [5.41, 5.74) is 0. The molecule has 0 aromatic heterocycles. The molecule has 0 radical (unpaired) electrons. The SMILES string of the molecule is CCOC(=O)[C@H]1NC[C@H]2CC[C@@H]1N2C(=O)OC. The van der Waals surface area contributed by atoms with E-state index in [-0.39, 0.29) is 24.1 Å². The van der Waals surface area contributed by atoms with Gasteiger partial charge < -0.3 is 14.8 Å². The van der Waals surface area contributed by atoms with E-state index in [4.69, 9.17) is 9.47 Å². The number of piperazine rings is 1. The van der Waals surface area contributed by atoms with Gasteiger partial charge in [-0.25, -0.2) is 4.79 Å². The first-order valence-corrected chi connectivity index (χ1v) is 5.95. The Kier molecular flexibility index (Phi) is 3.51. The number of nitrogens with zero attached hydrogens (tertiary/aromatic N) is 1. The van der Waals surface area contributed by atoms with Gasteiger partial charge in [0, 0.05) is 12.6 Å². The van der Waals surface area contributed by atoms with Gasteiger partial charge in [0.05, 0.1) is 19.8 Å². The summed E-state index contributed by atoms with van der Waals surface area (Å²) in [5.74, 6) is -0.285. The van der Waals surface area contributed by atoms with Crippen LogP contribution in [0.4, 0.5) is 4.79 Å². The minimum Gasteiger partial charge on any atom is -0.465 e. The topological polar surface area (TPSA) is 67.9 Å². The summed E-state index contributed by atoms with van der Waals surface area (Å²) in [6.45, 7) is 2.75. The lowest BCUT2D eigenvalue weighted by Gasteiger charge is -2.38. The Labute approximate surface area is 100 Å². The van der Waals surface area contributed by atoms with Crippen LogP contribution in [0.1, 0.15) is 19.8 Å². The second-order valence-corrected chi connectivity index (χ2v) is 4.31. The molecule has 17 heavy (non-hydrogen) atoms. The third kappa shape index (κ3) is 2.09. The van der Waals surface area contributed by atoms with Crippen molar-refractivity contribution in [3.8, 4) is 0 Å². The van der Waals surface area contributed by atoms with Crippen molar-refractivity contribution in [3.63, 3.8) is 0 Å². The quantitative estimate of drug-likeness (QED) is 0.697. The van der Waals surface area contributed by atoms with Crippen LogP contribution >= 0.6 is 0 Å². The monoisotopic (exact) mass is 242 g/mol. The van der Waals surface area contributed by atoms with Crippen molar-refractivity contribution >= 4 is 12.1 Å². The Bertz CT molecular complexity index is 321. The van der Waals surface area contributed by atoms with Gasteiger partial charge in [0.1, 0.15) is 6.04 Å². The van der Waals surface area contributed by atoms with Crippen LogP contribution < -0.4 is 5.32 Å². The predicted octanol–water partition coefficient (Wildman–Crippen LogP) is 0.121. The highest BCUT2D eigenvalue weighted by molar-refractivity contribution is 5.79. The third-order valence-corrected chi connectivity index (χ3v) is 3.43. The lowest BCUT2D eigenvalue weighted by atomic mass is 10.1. The van der Waals surface area contributed by atoms with Crippen LogP contribution in [0.25, 0.3) is 0 Å². The zero-order chi connectivity index (χ0) is 12.4. The lowest BCUT2D eigenvalue weighted by Crippen LogP contribution is -2.62. The molecule has 0 saturated carbocycles. The average molecular weight is 242 g/mol. The second kappa shape index (κ2) is 4.91. The molecule has 2 bridgehead atoms. The minimum absolute atomic E-state index is 0.137. The molecule has 6 nitrogen and oxygen atoms in total. The zero-order valence-electron chi connectivity index (χ0n) is 10.1. The van der Waals surface area contributed by atoms with Crippen molar-refractivity contribution in [2.45, 2.75) is 37.9 Å². The van der Waals surface area contributed by atoms with Crippen LogP contribution in [-0.2, 0) is 14.3 Å². The van der Waals surface area contributed by atoms with Crippen LogP contribution in [0.5, 0.6) is 0 Å². The average Bonchev–Trinajstić information content (AvgIpc) is 2.62. The van der Waals surface area contributed by atoms with Gasteiger partial charge in [-0.3, -0.25) is 9.69 Å². The van der Waals surface area contributed by atoms with Crippen LogP contribution in [0, 0.1) is 0 Å². The van der Waals surface area contributed by atoms with Gasteiger partial charge in [-0.2, -0.15) is 0 Å². The number of amides is 1. The Morgan fingerprint density at radius 3 is 2.82 bits per heavy atom. The number of hydrogen-bond acceptors (Lipinski definition) is 5. The first-order valence-electron chi connectivity index (χ1n) is 5.95. The maximum absolute atomic E-state index is 11.8. The third-order valence-electron chi connectivity index (χ3n) is 3.43. The number of carbonyl (C=O) groups excluding carboxylic acids is 2. The van der Waals surface area contributed by atoms with Crippen LogP contribution in [0.15, 0.2) is 0 Å². The smallest absolute Gasteiger partial charge is 0.410 e. The fourth-order valence-corrected chi connectivity index (χ4v) is 2.70. The number of fused-ring (bicyclic) bond motifs is 2. The maximum Gasteiger partial charge on any atom is 0.410 e. The number of carbonyl (C=O) groups is 2. The maximum atomic E-state index is 11.8. The molecule has 2 aliphatic rings. The van der Waals surface area contributed by atoms with Gasteiger partial charge in [0.25, 0.3) is 0 Å². The number of methoxy groups -OCH3 is 1. The van der Waals surface area contributed by atoms with E-state index in [0.29, 0.717) is 13.2 Å². The van der Waals surface area contributed by atoms with E-state index in [1.807, 2.05) is 0 Å². The molecule has 3 atom stereocenters. The van der Waals surface area contributed by atoms with E-state index < -0.39 is 6.04 Å². The molecular formula is C11H18N2O4. The fraction of sp³-hybridized carbons (Fsp3) is 0.818. The summed E-state index contributed by atoms with van der Waals surface area (Å²) < 4.78 is 9.78. The largest absolute Gasteiger partial charge is 0.465 e. The molecule has 2 saturated heterocycles. The Morgan fingerprint density at radius 2 is 2.18 bits per heavy atom. The van der Waals surface area contributed by atoms with Crippen molar-refractivity contribution < 1.29 is 19.1 Å². The number of esters is 1. The van der Waals surface area contributed by atoms with E-state index in [9.17, 15) is 9.59 Å². The molecule has 1 amide bonds. The molecule has 0 unspecified atom stereocenters. The van der Waals surface area contributed by atoms with Gasteiger partial charge in [-0.05, 0) is 19.8 Å². The van der Waals surface area contributed by atoms with Crippen LogP contribution in [0.2, 0.25) is 0 Å². The molecule has 2 rings (SSSR count). The van der Waals surface area contributed by atoms with Crippen molar-refractivity contribution in [2.24, 2.45) is 0 Å². The molecular weight excluding hydrogens is 224 g/mol. The second-order valence-electron chi connectivity index (χ2n) is 4.31. The predicted molar refractivity (Wildman–Crippen MR) is 59.5 cm³/mol. The molecule has 0 aromatic carbocycles. The van der Waals surface area contributed by atoms with Gasteiger partial charge in [0.2, 0.25) is 0 Å². The molecule has 2 fully saturated rings. The van der Waals surface area contributed by atoms with Crippen molar-refractivity contribution in [3.05, 3.63) is 0 Å². The van der Waals surface area contributed by atoms with Crippen LogP contribution in [-0.4, -0.2) is 55.3 Å². The summed E-state index contributed by atoms with van der Waals surface area (Å²) in [4.78, 5) is 25.1. The highest BCUT2D eigenvalue weighted by Gasteiger charge is 2.48. The van der Waals surface area contributed by atoms with Crippen molar-refractivity contribution in [1.82, 2.24) is 10.2 Å². The highest BCUT2D eigenvalue weighted by Crippen LogP contribution is 2.30. The molecule has 0 aromatic rings. The summed E-state index contributed by atoms with van der Waals surface area (Å²) in [7, 11) is 1.36. The minimum atomic E-state index is -0.423. The lowest BCUT2D eigenvalue weighted by molar-refractivity contribution is -0.148.